The molecule has 0 aromatic heterocycles. The number of ether oxygens (including phenoxy) is 1. The van der Waals surface area contributed by atoms with Gasteiger partial charge in [0.1, 0.15) is 11.4 Å². The van der Waals surface area contributed by atoms with Crippen LogP contribution >= 0.6 is 15.9 Å². The van der Waals surface area contributed by atoms with Gasteiger partial charge in [0.25, 0.3) is 0 Å². The summed E-state index contributed by atoms with van der Waals surface area (Å²) in [6, 6.07) is 6.22. The van der Waals surface area contributed by atoms with Gasteiger partial charge in [0, 0.05) is 16.5 Å². The SMILES string of the molecule is CC1(C)CC(O[Si](C)(C)C(C)(C)C)c2cc(Br)ccc2O1. The number of rotatable bonds is 2. The predicted octanol–water partition coefficient (Wildman–Crippen LogP) is 6.07. The van der Waals surface area contributed by atoms with Crippen LogP contribution in [0.1, 0.15) is 52.7 Å². The zero-order valence-corrected chi connectivity index (χ0v) is 16.8. The molecule has 2 rings (SSSR count). The van der Waals surface area contributed by atoms with Gasteiger partial charge in [-0.2, -0.15) is 0 Å². The third-order valence-corrected chi connectivity index (χ3v) is 9.60. The van der Waals surface area contributed by atoms with Crippen LogP contribution in [0.15, 0.2) is 22.7 Å². The maximum absolute atomic E-state index is 6.70. The minimum atomic E-state index is -1.81. The molecule has 0 spiro atoms. The molecule has 0 fully saturated rings. The molecule has 1 unspecified atom stereocenters. The Morgan fingerprint density at radius 3 is 2.48 bits per heavy atom. The Kier molecular flexibility index (Phi) is 4.37. The second kappa shape index (κ2) is 5.39. The maximum Gasteiger partial charge on any atom is 0.192 e. The molecule has 0 amide bonds. The average Bonchev–Trinajstić information content (AvgIpc) is 2.27. The van der Waals surface area contributed by atoms with Crippen LogP contribution in [-0.4, -0.2) is 13.9 Å². The summed E-state index contributed by atoms with van der Waals surface area (Å²) in [5, 5.41) is 0.210. The summed E-state index contributed by atoms with van der Waals surface area (Å²) in [5.74, 6) is 0.957. The van der Waals surface area contributed by atoms with E-state index in [0.29, 0.717) is 0 Å². The molecule has 4 heteroatoms. The highest BCUT2D eigenvalue weighted by atomic mass is 79.9. The highest BCUT2D eigenvalue weighted by Crippen LogP contribution is 2.47. The normalized spacial score (nSPS) is 21.6. The monoisotopic (exact) mass is 370 g/mol. The average molecular weight is 371 g/mol. The molecule has 1 aromatic carbocycles. The van der Waals surface area contributed by atoms with E-state index in [-0.39, 0.29) is 16.7 Å². The van der Waals surface area contributed by atoms with Gasteiger partial charge in [0.05, 0.1) is 6.10 Å². The number of hydrogen-bond donors (Lipinski definition) is 0. The van der Waals surface area contributed by atoms with Crippen molar-refractivity contribution in [2.45, 2.75) is 70.9 Å². The molecular weight excluding hydrogens is 344 g/mol. The molecular formula is C17H27BrO2Si. The molecule has 0 N–H and O–H groups in total. The number of halogens is 1. The quantitative estimate of drug-likeness (QED) is 0.587. The molecule has 0 saturated carbocycles. The van der Waals surface area contributed by atoms with Crippen molar-refractivity contribution in [3.63, 3.8) is 0 Å². The summed E-state index contributed by atoms with van der Waals surface area (Å²) in [7, 11) is -1.81. The van der Waals surface area contributed by atoms with Crippen molar-refractivity contribution in [1.82, 2.24) is 0 Å². The van der Waals surface area contributed by atoms with Crippen molar-refractivity contribution in [2.24, 2.45) is 0 Å². The first-order chi connectivity index (χ1) is 9.41. The van der Waals surface area contributed by atoms with Gasteiger partial charge in [-0.25, -0.2) is 0 Å². The lowest BCUT2D eigenvalue weighted by atomic mass is 9.92. The Labute approximate surface area is 138 Å². The number of fused-ring (bicyclic) bond motifs is 1. The number of benzene rings is 1. The van der Waals surface area contributed by atoms with E-state index < -0.39 is 8.32 Å². The summed E-state index contributed by atoms with van der Waals surface area (Å²) in [4.78, 5) is 0. The van der Waals surface area contributed by atoms with E-state index in [0.717, 1.165) is 16.6 Å². The van der Waals surface area contributed by atoms with Crippen LogP contribution in [0, 0.1) is 0 Å². The second-order valence-corrected chi connectivity index (χ2v) is 13.8. The van der Waals surface area contributed by atoms with Crippen LogP contribution in [0.4, 0.5) is 0 Å². The largest absolute Gasteiger partial charge is 0.487 e. The first-order valence-corrected chi connectivity index (χ1v) is 11.3. The molecule has 1 aliphatic heterocycles. The van der Waals surface area contributed by atoms with E-state index in [9.17, 15) is 0 Å². The molecule has 1 heterocycles. The molecule has 1 atom stereocenters. The fraction of sp³-hybridized carbons (Fsp3) is 0.647. The second-order valence-electron chi connectivity index (χ2n) is 8.11. The lowest BCUT2D eigenvalue weighted by Crippen LogP contribution is -2.45. The van der Waals surface area contributed by atoms with E-state index in [1.54, 1.807) is 0 Å². The lowest BCUT2D eigenvalue weighted by Gasteiger charge is -2.44. The third-order valence-electron chi connectivity index (χ3n) is 4.63. The van der Waals surface area contributed by atoms with E-state index in [2.05, 4.69) is 69.7 Å². The van der Waals surface area contributed by atoms with Gasteiger partial charge >= 0.3 is 0 Å². The Bertz CT molecular complexity index is 532. The topological polar surface area (TPSA) is 18.5 Å². The van der Waals surface area contributed by atoms with Crippen LogP contribution in [0.5, 0.6) is 5.75 Å². The summed E-state index contributed by atoms with van der Waals surface area (Å²) in [5.41, 5.74) is 0.988. The van der Waals surface area contributed by atoms with E-state index in [4.69, 9.17) is 9.16 Å². The van der Waals surface area contributed by atoms with Crippen LogP contribution in [0.3, 0.4) is 0 Å². The minimum Gasteiger partial charge on any atom is -0.487 e. The summed E-state index contributed by atoms with van der Waals surface area (Å²) >= 11 is 3.57. The molecule has 1 aliphatic rings. The summed E-state index contributed by atoms with van der Waals surface area (Å²) < 4.78 is 13.9. The molecule has 1 aromatic rings. The Morgan fingerprint density at radius 1 is 1.29 bits per heavy atom. The Balaban J connectivity index is 2.38. The summed E-state index contributed by atoms with van der Waals surface area (Å²) in [6.07, 6.45) is 1.00. The zero-order chi connectivity index (χ0) is 16.1. The van der Waals surface area contributed by atoms with Crippen molar-refractivity contribution in [2.75, 3.05) is 0 Å². The molecule has 0 saturated heterocycles. The van der Waals surface area contributed by atoms with Gasteiger partial charge in [-0.3, -0.25) is 0 Å². The molecule has 0 bridgehead atoms. The van der Waals surface area contributed by atoms with Crippen LogP contribution in [0.25, 0.3) is 0 Å². The van der Waals surface area contributed by atoms with Crippen molar-refractivity contribution in [3.05, 3.63) is 28.2 Å². The maximum atomic E-state index is 6.70. The van der Waals surface area contributed by atoms with E-state index in [1.807, 2.05) is 12.1 Å². The van der Waals surface area contributed by atoms with Crippen molar-refractivity contribution >= 4 is 24.2 Å². The van der Waals surface area contributed by atoms with Crippen LogP contribution in [0.2, 0.25) is 18.1 Å². The lowest BCUT2D eigenvalue weighted by molar-refractivity contribution is 0.0166. The van der Waals surface area contributed by atoms with Gasteiger partial charge in [-0.05, 0) is 50.2 Å². The standard InChI is InChI=1S/C17H27BrO2Si/c1-16(2,3)21(6,7)20-15-11-17(4,5)19-14-9-8-12(18)10-13(14)15/h8-10,15H,11H2,1-7H3. The first-order valence-electron chi connectivity index (χ1n) is 7.58. The minimum absolute atomic E-state index is 0.113. The highest BCUT2D eigenvalue weighted by Gasteiger charge is 2.43. The van der Waals surface area contributed by atoms with Crippen molar-refractivity contribution in [1.29, 1.82) is 0 Å². The predicted molar refractivity (Wildman–Crippen MR) is 94.5 cm³/mol. The highest BCUT2D eigenvalue weighted by molar-refractivity contribution is 9.10. The fourth-order valence-corrected chi connectivity index (χ4v) is 4.05. The van der Waals surface area contributed by atoms with Gasteiger partial charge in [-0.1, -0.05) is 36.7 Å². The van der Waals surface area contributed by atoms with Crippen molar-refractivity contribution < 1.29 is 9.16 Å². The van der Waals surface area contributed by atoms with Gasteiger partial charge in [-0.15, -0.1) is 0 Å². The molecule has 0 aliphatic carbocycles. The Hall–Kier alpha value is -0.323. The van der Waals surface area contributed by atoms with E-state index >= 15 is 0 Å². The summed E-state index contributed by atoms with van der Waals surface area (Å²) in [6.45, 7) is 15.8. The third kappa shape index (κ3) is 3.72. The smallest absolute Gasteiger partial charge is 0.192 e. The van der Waals surface area contributed by atoms with Gasteiger partial charge in [0.15, 0.2) is 8.32 Å². The fourth-order valence-electron chi connectivity index (χ4n) is 2.40. The molecule has 21 heavy (non-hydrogen) atoms. The molecule has 0 radical (unpaired) electrons. The van der Waals surface area contributed by atoms with Crippen LogP contribution in [-0.2, 0) is 4.43 Å². The van der Waals surface area contributed by atoms with Gasteiger partial charge < -0.3 is 9.16 Å². The number of hydrogen-bond acceptors (Lipinski definition) is 2. The molecule has 118 valence electrons. The van der Waals surface area contributed by atoms with Gasteiger partial charge in [0.2, 0.25) is 0 Å². The first kappa shape index (κ1) is 17.0. The van der Waals surface area contributed by atoms with Crippen LogP contribution < -0.4 is 4.74 Å². The van der Waals surface area contributed by atoms with E-state index in [1.165, 1.54) is 5.56 Å². The molecule has 2 nitrogen and oxygen atoms in total. The zero-order valence-electron chi connectivity index (χ0n) is 14.2. The van der Waals surface area contributed by atoms with Crippen molar-refractivity contribution in [3.8, 4) is 5.75 Å². The Morgan fingerprint density at radius 2 is 1.90 bits per heavy atom.